The highest BCUT2D eigenvalue weighted by Crippen LogP contribution is 1.88. The fourth-order valence-corrected chi connectivity index (χ4v) is 1.28. The van der Waals surface area contributed by atoms with E-state index in [2.05, 4.69) is 6.92 Å². The first-order chi connectivity index (χ1) is 9.91. The molecule has 6 heteroatoms. The summed E-state index contributed by atoms with van der Waals surface area (Å²) < 4.78 is 37.8. The topological polar surface area (TPSA) is 46.2 Å². The second-order valence-electron chi connectivity index (χ2n) is 4.10. The molecule has 0 spiro atoms. The largest absolute Gasteiger partial charge is 0.379 e. The van der Waals surface area contributed by atoms with E-state index in [4.69, 9.17) is 23.7 Å². The third kappa shape index (κ3) is 17.7. The second kappa shape index (κ2) is 18.7. The van der Waals surface area contributed by atoms with Crippen LogP contribution in [0.1, 0.15) is 19.8 Å². The van der Waals surface area contributed by atoms with E-state index in [1.54, 1.807) is 0 Å². The SMILES string of the molecule is CCCCOCCOCCOCCOCCOCCF. The number of unbranched alkanes of at least 4 members (excludes halogenated alkanes) is 1. The number of rotatable bonds is 17. The standard InChI is InChI=1S/C14H29FO5/c1-2-3-5-16-7-9-18-11-13-20-14-12-19-10-8-17-6-4-15/h2-14H2,1H3. The fraction of sp³-hybridized carbons (Fsp3) is 1.00. The van der Waals surface area contributed by atoms with Gasteiger partial charge in [0.1, 0.15) is 6.67 Å². The summed E-state index contributed by atoms with van der Waals surface area (Å²) >= 11 is 0. The Labute approximate surface area is 121 Å². The van der Waals surface area contributed by atoms with Crippen LogP contribution in [0.5, 0.6) is 0 Å². The lowest BCUT2D eigenvalue weighted by Gasteiger charge is -2.07. The molecule has 0 radical (unpaired) electrons. The van der Waals surface area contributed by atoms with Crippen LogP contribution >= 0.6 is 0 Å². The van der Waals surface area contributed by atoms with Gasteiger partial charge in [-0.3, -0.25) is 0 Å². The predicted octanol–water partition coefficient (Wildman–Crippen LogP) is 1.84. The van der Waals surface area contributed by atoms with Crippen LogP contribution < -0.4 is 0 Å². The molecule has 0 atom stereocenters. The van der Waals surface area contributed by atoms with Gasteiger partial charge >= 0.3 is 0 Å². The molecule has 0 aliphatic heterocycles. The van der Waals surface area contributed by atoms with E-state index in [9.17, 15) is 4.39 Å². The summed E-state index contributed by atoms with van der Waals surface area (Å²) in [7, 11) is 0. The molecule has 0 aliphatic rings. The number of alkyl halides is 1. The summed E-state index contributed by atoms with van der Waals surface area (Å²) in [4.78, 5) is 0. The predicted molar refractivity (Wildman–Crippen MR) is 75.0 cm³/mol. The molecule has 0 N–H and O–H groups in total. The number of hydrogen-bond donors (Lipinski definition) is 0. The molecule has 5 nitrogen and oxygen atoms in total. The summed E-state index contributed by atoms with van der Waals surface area (Å²) in [6.07, 6.45) is 2.25. The van der Waals surface area contributed by atoms with E-state index in [1.807, 2.05) is 0 Å². The van der Waals surface area contributed by atoms with Gasteiger partial charge in [0, 0.05) is 6.61 Å². The van der Waals surface area contributed by atoms with Crippen molar-refractivity contribution in [2.24, 2.45) is 0 Å². The number of halogens is 1. The molecule has 0 heterocycles. The van der Waals surface area contributed by atoms with Gasteiger partial charge in [0.25, 0.3) is 0 Å². The maximum absolute atomic E-state index is 11.7. The Balaban J connectivity index is 2.89. The Bertz CT molecular complexity index is 154. The van der Waals surface area contributed by atoms with Crippen molar-refractivity contribution in [3.63, 3.8) is 0 Å². The van der Waals surface area contributed by atoms with Crippen LogP contribution in [0, 0.1) is 0 Å². The monoisotopic (exact) mass is 296 g/mol. The summed E-state index contributed by atoms with van der Waals surface area (Å²) in [5.74, 6) is 0. The molecule has 0 aliphatic carbocycles. The van der Waals surface area contributed by atoms with Crippen molar-refractivity contribution in [2.45, 2.75) is 19.8 Å². The highest BCUT2D eigenvalue weighted by atomic mass is 19.1. The molecule has 0 unspecified atom stereocenters. The second-order valence-corrected chi connectivity index (χ2v) is 4.10. The third-order valence-corrected chi connectivity index (χ3v) is 2.35. The first-order valence-corrected chi connectivity index (χ1v) is 7.36. The van der Waals surface area contributed by atoms with Crippen LogP contribution in [-0.2, 0) is 23.7 Å². The van der Waals surface area contributed by atoms with Crippen molar-refractivity contribution in [1.29, 1.82) is 0 Å². The van der Waals surface area contributed by atoms with E-state index in [0.29, 0.717) is 52.9 Å². The molecule has 0 amide bonds. The first kappa shape index (κ1) is 19.7. The van der Waals surface area contributed by atoms with Crippen LogP contribution in [0.3, 0.4) is 0 Å². The molecule has 0 bridgehead atoms. The Morgan fingerprint density at radius 3 is 1.25 bits per heavy atom. The number of hydrogen-bond acceptors (Lipinski definition) is 5. The van der Waals surface area contributed by atoms with Crippen molar-refractivity contribution in [3.8, 4) is 0 Å². The summed E-state index contributed by atoms with van der Waals surface area (Å²) in [5.41, 5.74) is 0. The van der Waals surface area contributed by atoms with Gasteiger partial charge in [-0.05, 0) is 6.42 Å². The van der Waals surface area contributed by atoms with E-state index in [0.717, 1.165) is 19.4 Å². The third-order valence-electron chi connectivity index (χ3n) is 2.35. The van der Waals surface area contributed by atoms with E-state index < -0.39 is 6.67 Å². The lowest BCUT2D eigenvalue weighted by molar-refractivity contribution is -0.0118. The Morgan fingerprint density at radius 2 is 0.900 bits per heavy atom. The van der Waals surface area contributed by atoms with Crippen LogP contribution in [0.4, 0.5) is 4.39 Å². The minimum atomic E-state index is -0.452. The average Bonchev–Trinajstić information content (AvgIpc) is 2.47. The lowest BCUT2D eigenvalue weighted by atomic mass is 10.4. The van der Waals surface area contributed by atoms with E-state index in [1.165, 1.54) is 0 Å². The van der Waals surface area contributed by atoms with Crippen molar-refractivity contribution in [2.75, 3.05) is 72.7 Å². The van der Waals surface area contributed by atoms with Crippen LogP contribution in [0.25, 0.3) is 0 Å². The van der Waals surface area contributed by atoms with Crippen LogP contribution in [0.15, 0.2) is 0 Å². The summed E-state index contributed by atoms with van der Waals surface area (Å²) in [6.45, 7) is 6.93. The Hall–Kier alpha value is -0.270. The maximum atomic E-state index is 11.7. The fourth-order valence-electron chi connectivity index (χ4n) is 1.28. The van der Waals surface area contributed by atoms with Gasteiger partial charge in [0.05, 0.1) is 59.5 Å². The normalized spacial score (nSPS) is 11.1. The van der Waals surface area contributed by atoms with Gasteiger partial charge < -0.3 is 23.7 Å². The van der Waals surface area contributed by atoms with Crippen molar-refractivity contribution < 1.29 is 28.1 Å². The quantitative estimate of drug-likeness (QED) is 0.383. The van der Waals surface area contributed by atoms with E-state index >= 15 is 0 Å². The van der Waals surface area contributed by atoms with Gasteiger partial charge in [0.2, 0.25) is 0 Å². The highest BCUT2D eigenvalue weighted by Gasteiger charge is 1.93. The maximum Gasteiger partial charge on any atom is 0.113 e. The Morgan fingerprint density at radius 1 is 0.550 bits per heavy atom. The van der Waals surface area contributed by atoms with Crippen molar-refractivity contribution in [3.05, 3.63) is 0 Å². The van der Waals surface area contributed by atoms with E-state index in [-0.39, 0.29) is 6.61 Å². The zero-order chi connectivity index (χ0) is 14.7. The van der Waals surface area contributed by atoms with Gasteiger partial charge in [-0.15, -0.1) is 0 Å². The van der Waals surface area contributed by atoms with Gasteiger partial charge in [-0.2, -0.15) is 0 Å². The molecule has 0 aromatic rings. The molecule has 0 rings (SSSR count). The van der Waals surface area contributed by atoms with Gasteiger partial charge in [0.15, 0.2) is 0 Å². The molecular weight excluding hydrogens is 267 g/mol. The lowest BCUT2D eigenvalue weighted by Crippen LogP contribution is -2.13. The minimum Gasteiger partial charge on any atom is -0.379 e. The highest BCUT2D eigenvalue weighted by molar-refractivity contribution is 4.36. The zero-order valence-corrected chi connectivity index (χ0v) is 12.6. The van der Waals surface area contributed by atoms with Crippen LogP contribution in [-0.4, -0.2) is 72.7 Å². The van der Waals surface area contributed by atoms with Crippen molar-refractivity contribution >= 4 is 0 Å². The molecule has 0 saturated carbocycles. The van der Waals surface area contributed by atoms with Gasteiger partial charge in [-0.1, -0.05) is 13.3 Å². The van der Waals surface area contributed by atoms with Crippen LogP contribution in [0.2, 0.25) is 0 Å². The van der Waals surface area contributed by atoms with Gasteiger partial charge in [-0.25, -0.2) is 4.39 Å². The molecule has 0 aromatic heterocycles. The van der Waals surface area contributed by atoms with Crippen molar-refractivity contribution in [1.82, 2.24) is 0 Å². The molecule has 20 heavy (non-hydrogen) atoms. The minimum absolute atomic E-state index is 0.138. The molecule has 0 aromatic carbocycles. The summed E-state index contributed by atoms with van der Waals surface area (Å²) in [6, 6.07) is 0. The molecule has 0 saturated heterocycles. The average molecular weight is 296 g/mol. The smallest absolute Gasteiger partial charge is 0.113 e. The zero-order valence-electron chi connectivity index (χ0n) is 12.6. The first-order valence-electron chi connectivity index (χ1n) is 7.36. The Kier molecular flexibility index (Phi) is 18.5. The summed E-state index contributed by atoms with van der Waals surface area (Å²) in [5, 5.41) is 0. The molecule has 122 valence electrons. The number of ether oxygens (including phenoxy) is 5. The molecule has 0 fully saturated rings. The molecular formula is C14H29FO5.